The normalized spacial score (nSPS) is 23.3. The zero-order valence-electron chi connectivity index (χ0n) is 14.8. The molecule has 0 spiro atoms. The number of carbonyl (C=O) groups is 1. The molecular weight excluding hydrogens is 304 g/mol. The number of hydrogen-bond acceptors (Lipinski definition) is 4. The van der Waals surface area contributed by atoms with Crippen LogP contribution in [-0.4, -0.2) is 43.2 Å². The Bertz CT molecular complexity index is 522. The van der Waals surface area contributed by atoms with E-state index in [1.807, 2.05) is 19.1 Å². The lowest BCUT2D eigenvalue weighted by atomic mass is 9.91. The molecule has 1 unspecified atom stereocenters. The number of rotatable bonds is 6. The molecule has 24 heavy (non-hydrogen) atoms. The highest BCUT2D eigenvalue weighted by Crippen LogP contribution is 2.25. The molecule has 0 radical (unpaired) electrons. The van der Waals surface area contributed by atoms with Gasteiger partial charge in [-0.1, -0.05) is 0 Å². The van der Waals surface area contributed by atoms with E-state index in [0.717, 1.165) is 50.5 Å². The van der Waals surface area contributed by atoms with Crippen LogP contribution in [0.2, 0.25) is 0 Å². The number of likely N-dealkylation sites (tertiary alicyclic amines) is 1. The predicted octanol–water partition coefficient (Wildman–Crippen LogP) is 2.88. The van der Waals surface area contributed by atoms with Crippen LogP contribution in [-0.2, 0) is 16.1 Å². The predicted molar refractivity (Wildman–Crippen MR) is 92.7 cm³/mol. The van der Waals surface area contributed by atoms with Crippen LogP contribution in [0.5, 0.6) is 0 Å². The van der Waals surface area contributed by atoms with Crippen molar-refractivity contribution in [3.63, 3.8) is 0 Å². The molecule has 2 aliphatic heterocycles. The Balaban J connectivity index is 1.36. The van der Waals surface area contributed by atoms with Crippen molar-refractivity contribution in [3.05, 3.63) is 23.7 Å². The minimum absolute atomic E-state index is 0.132. The minimum atomic E-state index is 0.132. The molecule has 0 aliphatic carbocycles. The molecule has 3 heterocycles. The van der Waals surface area contributed by atoms with Crippen molar-refractivity contribution >= 4 is 5.91 Å². The third-order valence-electron chi connectivity index (χ3n) is 5.29. The van der Waals surface area contributed by atoms with Gasteiger partial charge in [0.25, 0.3) is 0 Å². The first-order valence-corrected chi connectivity index (χ1v) is 9.34. The number of ether oxygens (including phenoxy) is 1. The van der Waals surface area contributed by atoms with Crippen LogP contribution in [0.15, 0.2) is 16.5 Å². The van der Waals surface area contributed by atoms with Crippen molar-refractivity contribution < 1.29 is 13.9 Å². The lowest BCUT2D eigenvalue weighted by Crippen LogP contribution is -2.45. The van der Waals surface area contributed by atoms with Gasteiger partial charge < -0.3 is 14.5 Å². The van der Waals surface area contributed by atoms with Crippen molar-refractivity contribution in [2.45, 2.75) is 58.0 Å². The van der Waals surface area contributed by atoms with Crippen LogP contribution in [0.25, 0.3) is 0 Å². The average Bonchev–Trinajstić information content (AvgIpc) is 3.04. The zero-order valence-corrected chi connectivity index (χ0v) is 14.8. The third-order valence-corrected chi connectivity index (χ3v) is 5.29. The van der Waals surface area contributed by atoms with E-state index in [2.05, 4.69) is 10.2 Å². The van der Waals surface area contributed by atoms with Crippen molar-refractivity contribution in [3.8, 4) is 0 Å². The third kappa shape index (κ3) is 5.08. The lowest BCUT2D eigenvalue weighted by Gasteiger charge is -2.40. The van der Waals surface area contributed by atoms with Gasteiger partial charge in [0.1, 0.15) is 11.5 Å². The number of piperidine rings is 1. The fourth-order valence-corrected chi connectivity index (χ4v) is 3.90. The van der Waals surface area contributed by atoms with E-state index in [9.17, 15) is 4.79 Å². The first-order chi connectivity index (χ1) is 11.7. The Labute approximate surface area is 144 Å². The molecule has 3 rings (SSSR count). The summed E-state index contributed by atoms with van der Waals surface area (Å²) in [6.45, 7) is 6.58. The molecule has 2 fully saturated rings. The number of nitrogens with one attached hydrogen (secondary N) is 1. The Morgan fingerprint density at radius 2 is 2.12 bits per heavy atom. The Morgan fingerprint density at radius 3 is 2.88 bits per heavy atom. The summed E-state index contributed by atoms with van der Waals surface area (Å²) in [6.07, 6.45) is 6.44. The summed E-state index contributed by atoms with van der Waals surface area (Å²) in [5.41, 5.74) is 0. The van der Waals surface area contributed by atoms with Crippen LogP contribution in [0.3, 0.4) is 0 Å². The number of nitrogens with zero attached hydrogens (tertiary/aromatic N) is 1. The van der Waals surface area contributed by atoms with E-state index < -0.39 is 0 Å². The van der Waals surface area contributed by atoms with Crippen LogP contribution < -0.4 is 5.32 Å². The fraction of sp³-hybridized carbons (Fsp3) is 0.737. The fourth-order valence-electron chi connectivity index (χ4n) is 3.90. The van der Waals surface area contributed by atoms with Crippen molar-refractivity contribution in [2.24, 2.45) is 5.92 Å². The molecule has 0 aromatic carbocycles. The van der Waals surface area contributed by atoms with Crippen LogP contribution >= 0.6 is 0 Å². The average molecular weight is 334 g/mol. The van der Waals surface area contributed by atoms with Crippen molar-refractivity contribution in [1.82, 2.24) is 10.2 Å². The second kappa shape index (κ2) is 8.67. The highest BCUT2D eigenvalue weighted by molar-refractivity contribution is 5.75. The number of hydrogen-bond donors (Lipinski definition) is 1. The molecule has 1 N–H and O–H groups in total. The number of furan rings is 1. The van der Waals surface area contributed by atoms with Gasteiger partial charge in [-0.15, -0.1) is 0 Å². The van der Waals surface area contributed by atoms with Crippen molar-refractivity contribution in [1.29, 1.82) is 0 Å². The van der Waals surface area contributed by atoms with E-state index in [1.165, 1.54) is 19.4 Å². The monoisotopic (exact) mass is 334 g/mol. The molecule has 5 nitrogen and oxygen atoms in total. The maximum Gasteiger partial charge on any atom is 0.220 e. The summed E-state index contributed by atoms with van der Waals surface area (Å²) in [7, 11) is 0. The van der Waals surface area contributed by atoms with Crippen LogP contribution in [0.4, 0.5) is 0 Å². The van der Waals surface area contributed by atoms with E-state index in [1.54, 1.807) is 0 Å². The van der Waals surface area contributed by atoms with E-state index in [0.29, 0.717) is 24.9 Å². The molecule has 1 amide bonds. The molecule has 1 aromatic rings. The van der Waals surface area contributed by atoms with E-state index in [-0.39, 0.29) is 5.91 Å². The number of aryl methyl sites for hydroxylation is 1. The summed E-state index contributed by atoms with van der Waals surface area (Å²) in [5.74, 6) is 2.49. The molecule has 2 aliphatic rings. The summed E-state index contributed by atoms with van der Waals surface area (Å²) in [4.78, 5) is 14.7. The number of amides is 1. The topological polar surface area (TPSA) is 54.7 Å². The Hall–Kier alpha value is -1.33. The Morgan fingerprint density at radius 1 is 1.29 bits per heavy atom. The van der Waals surface area contributed by atoms with Gasteiger partial charge in [0.15, 0.2) is 0 Å². The second-order valence-electron chi connectivity index (χ2n) is 7.17. The maximum atomic E-state index is 12.1. The molecule has 134 valence electrons. The molecule has 5 heteroatoms. The Kier molecular flexibility index (Phi) is 6.32. The van der Waals surface area contributed by atoms with Gasteiger partial charge in [-0.3, -0.25) is 9.69 Å². The van der Waals surface area contributed by atoms with Gasteiger partial charge >= 0.3 is 0 Å². The van der Waals surface area contributed by atoms with Gasteiger partial charge in [0.2, 0.25) is 5.91 Å². The van der Waals surface area contributed by atoms with Crippen LogP contribution in [0, 0.1) is 12.8 Å². The van der Waals surface area contributed by atoms with E-state index >= 15 is 0 Å². The van der Waals surface area contributed by atoms with Crippen LogP contribution in [0.1, 0.15) is 50.0 Å². The summed E-state index contributed by atoms with van der Waals surface area (Å²) in [6, 6.07) is 4.54. The molecule has 0 saturated carbocycles. The SMILES string of the molecule is Cc1ccc(CNC(=O)CCC2CCCN(C3CCOCC3)C2)o1. The van der Waals surface area contributed by atoms with E-state index in [4.69, 9.17) is 9.15 Å². The highest BCUT2D eigenvalue weighted by Gasteiger charge is 2.27. The summed E-state index contributed by atoms with van der Waals surface area (Å²) >= 11 is 0. The summed E-state index contributed by atoms with van der Waals surface area (Å²) in [5, 5.41) is 2.96. The quantitative estimate of drug-likeness (QED) is 0.869. The number of carbonyl (C=O) groups excluding carboxylic acids is 1. The first-order valence-electron chi connectivity index (χ1n) is 9.34. The molecule has 2 saturated heterocycles. The first kappa shape index (κ1) is 17.5. The maximum absolute atomic E-state index is 12.1. The van der Waals surface area contributed by atoms with Gasteiger partial charge in [0.05, 0.1) is 6.54 Å². The van der Waals surface area contributed by atoms with Gasteiger partial charge in [-0.05, 0) is 63.6 Å². The van der Waals surface area contributed by atoms with Gasteiger partial charge in [0, 0.05) is 32.2 Å². The molecule has 0 bridgehead atoms. The lowest BCUT2D eigenvalue weighted by molar-refractivity contribution is -0.121. The minimum Gasteiger partial charge on any atom is -0.465 e. The molecular formula is C19H30N2O3. The van der Waals surface area contributed by atoms with Gasteiger partial charge in [-0.2, -0.15) is 0 Å². The zero-order chi connectivity index (χ0) is 16.8. The molecule has 1 atom stereocenters. The van der Waals surface area contributed by atoms with Gasteiger partial charge in [-0.25, -0.2) is 0 Å². The standard InChI is InChI=1S/C19H30N2O3/c1-15-4-6-18(24-15)13-20-19(22)7-5-16-3-2-10-21(14-16)17-8-11-23-12-9-17/h4,6,16-17H,2-3,5,7-14H2,1H3,(H,20,22). The molecule has 1 aromatic heterocycles. The second-order valence-corrected chi connectivity index (χ2v) is 7.17. The smallest absolute Gasteiger partial charge is 0.220 e. The largest absolute Gasteiger partial charge is 0.465 e. The summed E-state index contributed by atoms with van der Waals surface area (Å²) < 4.78 is 11.0. The highest BCUT2D eigenvalue weighted by atomic mass is 16.5. The van der Waals surface area contributed by atoms with Crippen molar-refractivity contribution in [2.75, 3.05) is 26.3 Å².